The molecule has 1 N–H and O–H groups in total. The van der Waals surface area contributed by atoms with Gasteiger partial charge in [-0.1, -0.05) is 11.6 Å². The fraction of sp³-hybridized carbons (Fsp3) is 1.00. The largest absolute Gasteiger partial charge is 0.569 e. The first-order valence-electron chi connectivity index (χ1n) is 4.03. The highest BCUT2D eigenvalue weighted by Crippen LogP contribution is 2.09. The molecule has 0 saturated carbocycles. The third-order valence-electron chi connectivity index (χ3n) is 1.86. The van der Waals surface area contributed by atoms with Gasteiger partial charge in [0.25, 0.3) is 0 Å². The summed E-state index contributed by atoms with van der Waals surface area (Å²) in [4.78, 5) is 4.74. The third kappa shape index (κ3) is 3.23. The number of nitrogens with zero attached hydrogens (tertiary/aromatic N) is 3. The summed E-state index contributed by atoms with van der Waals surface area (Å²) in [6.45, 7) is 0.972. The molecule has 0 amide bonds. The van der Waals surface area contributed by atoms with Gasteiger partial charge in [0.2, 0.25) is 5.28 Å². The summed E-state index contributed by atoms with van der Waals surface area (Å²) >= 11 is 5.17. The van der Waals surface area contributed by atoms with E-state index in [0.29, 0.717) is 30.9 Å². The fourth-order valence-electron chi connectivity index (χ4n) is 1.15. The second-order valence-electron chi connectivity index (χ2n) is 2.76. The summed E-state index contributed by atoms with van der Waals surface area (Å²) in [5, 5.41) is 24.9. The Morgan fingerprint density at radius 1 is 1.62 bits per heavy atom. The average molecular weight is 210 g/mol. The molecule has 76 valence electrons. The molecule has 0 aromatic heterocycles. The maximum Gasteiger partial charge on any atom is 0.234 e. The van der Waals surface area contributed by atoms with Crippen LogP contribution < -0.4 is 0 Å². The number of aliphatic hydroxyl groups is 1. The number of halogens is 1. The second kappa shape index (κ2) is 5.08. The van der Waals surface area contributed by atoms with Crippen LogP contribution in [0.15, 0.2) is 5.28 Å². The van der Waals surface area contributed by atoms with E-state index in [-0.39, 0.29) is 12.2 Å². The van der Waals surface area contributed by atoms with Crippen LogP contribution in [0.2, 0.25) is 0 Å². The van der Waals surface area contributed by atoms with E-state index < -0.39 is 0 Å². The van der Waals surface area contributed by atoms with Crippen LogP contribution in [-0.2, 0) is 4.84 Å². The molecular weight excluding hydrogens is 198 g/mol. The molecule has 1 saturated heterocycles. The SMILES string of the molecule is [O-]/[N+](=N\OCCl)N1CCC(O)CC1. The molecule has 7 heteroatoms. The highest BCUT2D eigenvalue weighted by molar-refractivity contribution is 6.17. The molecular formula is C6H12ClN3O3. The number of hydrogen-bond donors (Lipinski definition) is 1. The summed E-state index contributed by atoms with van der Waals surface area (Å²) < 4.78 is 0. The molecule has 0 atom stereocenters. The van der Waals surface area contributed by atoms with Crippen LogP contribution in [-0.4, -0.2) is 40.3 Å². The van der Waals surface area contributed by atoms with Crippen molar-refractivity contribution in [2.24, 2.45) is 5.28 Å². The van der Waals surface area contributed by atoms with E-state index in [4.69, 9.17) is 16.7 Å². The molecule has 1 aliphatic heterocycles. The number of alkyl halides is 1. The topological polar surface area (TPSA) is 71.1 Å². The van der Waals surface area contributed by atoms with Crippen molar-refractivity contribution in [1.82, 2.24) is 5.01 Å². The monoisotopic (exact) mass is 209 g/mol. The highest BCUT2D eigenvalue weighted by Gasteiger charge is 2.22. The first kappa shape index (κ1) is 10.3. The smallest absolute Gasteiger partial charge is 0.234 e. The van der Waals surface area contributed by atoms with Crippen LogP contribution in [0.4, 0.5) is 0 Å². The Morgan fingerprint density at radius 3 is 2.77 bits per heavy atom. The Bertz CT molecular complexity index is 182. The first-order chi connectivity index (χ1) is 6.24. The molecule has 13 heavy (non-hydrogen) atoms. The van der Waals surface area contributed by atoms with E-state index in [1.807, 2.05) is 0 Å². The van der Waals surface area contributed by atoms with Crippen molar-refractivity contribution in [1.29, 1.82) is 0 Å². The normalized spacial score (nSPS) is 20.5. The zero-order valence-electron chi connectivity index (χ0n) is 7.10. The Kier molecular flexibility index (Phi) is 4.04. The lowest BCUT2D eigenvalue weighted by atomic mass is 10.1. The summed E-state index contributed by atoms with van der Waals surface area (Å²) in [6.07, 6.45) is 0.850. The molecule has 0 unspecified atom stereocenters. The summed E-state index contributed by atoms with van der Waals surface area (Å²) in [5.74, 6) is 0. The standard InChI is InChI=1S/C6H12ClN3O3/c7-5-13-8-10(12)9-3-1-6(11)2-4-9/h6,11H,1-5H2/b10-8-. The van der Waals surface area contributed by atoms with Crippen molar-refractivity contribution < 1.29 is 14.9 Å². The molecule has 0 spiro atoms. The van der Waals surface area contributed by atoms with Gasteiger partial charge in [-0.05, 0) is 12.8 Å². The maximum absolute atomic E-state index is 11.1. The van der Waals surface area contributed by atoms with Gasteiger partial charge in [-0.2, -0.15) is 0 Å². The van der Waals surface area contributed by atoms with Crippen LogP contribution in [0, 0.1) is 5.21 Å². The van der Waals surface area contributed by atoms with Crippen molar-refractivity contribution in [2.75, 3.05) is 19.2 Å². The Hall–Kier alpha value is -0.750. The molecule has 0 aromatic rings. The fourth-order valence-corrected chi connectivity index (χ4v) is 1.19. The lowest BCUT2D eigenvalue weighted by Crippen LogP contribution is -2.40. The molecule has 1 rings (SSSR count). The van der Waals surface area contributed by atoms with E-state index in [9.17, 15) is 5.21 Å². The van der Waals surface area contributed by atoms with Crippen molar-refractivity contribution >= 4 is 11.6 Å². The third-order valence-corrected chi connectivity index (χ3v) is 1.96. The molecule has 1 aliphatic rings. The van der Waals surface area contributed by atoms with Crippen molar-refractivity contribution in [3.63, 3.8) is 0 Å². The lowest BCUT2D eigenvalue weighted by Gasteiger charge is -2.24. The number of hydrazine groups is 1. The van der Waals surface area contributed by atoms with Gasteiger partial charge in [-0.3, -0.25) is 0 Å². The quantitative estimate of drug-likeness (QED) is 0.317. The van der Waals surface area contributed by atoms with Gasteiger partial charge in [0.1, 0.15) is 0 Å². The summed E-state index contributed by atoms with van der Waals surface area (Å²) in [7, 11) is 0. The Morgan fingerprint density at radius 2 is 2.23 bits per heavy atom. The minimum atomic E-state index is -0.307. The predicted octanol–water partition coefficient (Wildman–Crippen LogP) is 0.449. The molecule has 1 heterocycles. The maximum atomic E-state index is 11.1. The summed E-state index contributed by atoms with van der Waals surface area (Å²) in [5.41, 5.74) is 0. The average Bonchev–Trinajstić information content (AvgIpc) is 2.15. The number of rotatable bonds is 3. The van der Waals surface area contributed by atoms with Crippen LogP contribution >= 0.6 is 11.6 Å². The number of aliphatic hydroxyl groups excluding tert-OH is 1. The van der Waals surface area contributed by atoms with Gasteiger partial charge in [0.05, 0.1) is 24.2 Å². The Labute approximate surface area is 80.9 Å². The van der Waals surface area contributed by atoms with Crippen LogP contribution in [0.1, 0.15) is 12.8 Å². The van der Waals surface area contributed by atoms with Gasteiger partial charge < -0.3 is 15.2 Å². The molecule has 0 aliphatic carbocycles. The zero-order valence-corrected chi connectivity index (χ0v) is 7.85. The van der Waals surface area contributed by atoms with E-state index in [1.54, 1.807) is 0 Å². The minimum absolute atomic E-state index is 0.144. The Balaban J connectivity index is 2.35. The lowest BCUT2D eigenvalue weighted by molar-refractivity contribution is -0.712. The van der Waals surface area contributed by atoms with Crippen LogP contribution in [0.5, 0.6) is 0 Å². The minimum Gasteiger partial charge on any atom is -0.569 e. The van der Waals surface area contributed by atoms with E-state index in [0.717, 1.165) is 0 Å². The number of hydrogen-bond acceptors (Lipinski definition) is 4. The van der Waals surface area contributed by atoms with Gasteiger partial charge in [-0.25, -0.2) is 0 Å². The van der Waals surface area contributed by atoms with Crippen molar-refractivity contribution in [2.45, 2.75) is 18.9 Å². The first-order valence-corrected chi connectivity index (χ1v) is 4.56. The van der Waals surface area contributed by atoms with Gasteiger partial charge in [-0.15, -0.1) is 5.01 Å². The van der Waals surface area contributed by atoms with Gasteiger partial charge in [0, 0.05) is 0 Å². The zero-order chi connectivity index (χ0) is 9.68. The molecule has 1 fully saturated rings. The van der Waals surface area contributed by atoms with Crippen LogP contribution in [0.25, 0.3) is 0 Å². The molecule has 0 aromatic carbocycles. The number of piperidine rings is 1. The van der Waals surface area contributed by atoms with E-state index in [1.165, 1.54) is 5.01 Å². The molecule has 6 nitrogen and oxygen atoms in total. The van der Waals surface area contributed by atoms with E-state index in [2.05, 4.69) is 10.1 Å². The van der Waals surface area contributed by atoms with Gasteiger partial charge in [0.15, 0.2) is 6.07 Å². The van der Waals surface area contributed by atoms with Crippen LogP contribution in [0.3, 0.4) is 0 Å². The predicted molar refractivity (Wildman–Crippen MR) is 44.7 cm³/mol. The second-order valence-corrected chi connectivity index (χ2v) is 2.98. The van der Waals surface area contributed by atoms with Gasteiger partial charge >= 0.3 is 0 Å². The molecule has 0 bridgehead atoms. The highest BCUT2D eigenvalue weighted by atomic mass is 35.5. The molecule has 0 radical (unpaired) electrons. The summed E-state index contributed by atoms with van der Waals surface area (Å²) in [6, 6.07) is -0.144. The van der Waals surface area contributed by atoms with Crippen molar-refractivity contribution in [3.05, 3.63) is 5.21 Å². The van der Waals surface area contributed by atoms with Crippen molar-refractivity contribution in [3.8, 4) is 0 Å². The van der Waals surface area contributed by atoms with E-state index >= 15 is 0 Å².